The molecule has 4 heteroatoms. The van der Waals surface area contributed by atoms with Gasteiger partial charge in [0.15, 0.2) is 0 Å². The Hall–Kier alpha value is -1.52. The molecule has 1 heterocycles. The van der Waals surface area contributed by atoms with Crippen LogP contribution < -0.4 is 9.47 Å². The van der Waals surface area contributed by atoms with Crippen LogP contribution in [0.4, 0.5) is 0 Å². The molecule has 2 aromatic rings. The Bertz CT molecular complexity index is 496. The number of hydrogen-bond acceptors (Lipinski definition) is 4. The molecule has 0 fully saturated rings. The maximum atomic E-state index is 10.7. The minimum Gasteiger partial charge on any atom is -0.497 e. The fraction of sp³-hybridized carbons (Fsp3) is 0.286. The van der Waals surface area contributed by atoms with Crippen molar-refractivity contribution >= 4 is 11.3 Å². The van der Waals surface area contributed by atoms with Crippen LogP contribution in [0.15, 0.2) is 35.7 Å². The van der Waals surface area contributed by atoms with Crippen molar-refractivity contribution in [3.63, 3.8) is 0 Å². The highest BCUT2D eigenvalue weighted by molar-refractivity contribution is 7.10. The molecule has 18 heavy (non-hydrogen) atoms. The number of ether oxygens (including phenoxy) is 2. The Labute approximate surface area is 111 Å². The lowest BCUT2D eigenvalue weighted by molar-refractivity contribution is 0.106. The van der Waals surface area contributed by atoms with Crippen LogP contribution in [-0.4, -0.2) is 19.3 Å². The average Bonchev–Trinajstić information content (AvgIpc) is 2.92. The number of benzene rings is 1. The highest BCUT2D eigenvalue weighted by atomic mass is 32.1. The Morgan fingerprint density at radius 3 is 2.17 bits per heavy atom. The molecule has 2 rings (SSSR count). The number of thiophene rings is 1. The summed E-state index contributed by atoms with van der Waals surface area (Å²) in [5, 5.41) is 12.6. The number of hydrogen-bond donors (Lipinski definition) is 1. The highest BCUT2D eigenvalue weighted by Gasteiger charge is 2.27. The lowest BCUT2D eigenvalue weighted by Crippen LogP contribution is -2.21. The SMILES string of the molecule is COc1cc(OC)cc(C(C)(O)c2cccs2)c1. The normalized spacial score (nSPS) is 14.0. The van der Waals surface area contributed by atoms with Gasteiger partial charge in [0.1, 0.15) is 17.1 Å². The van der Waals surface area contributed by atoms with E-state index in [0.717, 1.165) is 10.4 Å². The molecule has 0 bridgehead atoms. The van der Waals surface area contributed by atoms with E-state index in [4.69, 9.17) is 9.47 Å². The van der Waals surface area contributed by atoms with Gasteiger partial charge in [0.05, 0.1) is 14.2 Å². The van der Waals surface area contributed by atoms with E-state index in [2.05, 4.69) is 0 Å². The zero-order valence-corrected chi connectivity index (χ0v) is 11.5. The molecule has 1 N–H and O–H groups in total. The number of rotatable bonds is 4. The summed E-state index contributed by atoms with van der Waals surface area (Å²) in [6.45, 7) is 1.77. The van der Waals surface area contributed by atoms with Crippen LogP contribution in [0.5, 0.6) is 11.5 Å². The summed E-state index contributed by atoms with van der Waals surface area (Å²) in [6, 6.07) is 9.26. The van der Waals surface area contributed by atoms with Gasteiger partial charge in [-0.2, -0.15) is 0 Å². The van der Waals surface area contributed by atoms with E-state index in [0.29, 0.717) is 11.5 Å². The lowest BCUT2D eigenvalue weighted by Gasteiger charge is -2.23. The maximum Gasteiger partial charge on any atom is 0.122 e. The van der Waals surface area contributed by atoms with Crippen molar-refractivity contribution < 1.29 is 14.6 Å². The number of methoxy groups -OCH3 is 2. The monoisotopic (exact) mass is 264 g/mol. The first kappa shape index (κ1) is 12.9. The van der Waals surface area contributed by atoms with Crippen molar-refractivity contribution in [2.75, 3.05) is 14.2 Å². The summed E-state index contributed by atoms with van der Waals surface area (Å²) in [7, 11) is 3.19. The first-order chi connectivity index (χ1) is 8.57. The van der Waals surface area contributed by atoms with Crippen LogP contribution in [0.2, 0.25) is 0 Å². The third kappa shape index (κ3) is 2.35. The van der Waals surface area contributed by atoms with Crippen LogP contribution in [0.25, 0.3) is 0 Å². The van der Waals surface area contributed by atoms with Crippen molar-refractivity contribution in [1.29, 1.82) is 0 Å². The molecule has 0 spiro atoms. The van der Waals surface area contributed by atoms with Crippen molar-refractivity contribution in [2.24, 2.45) is 0 Å². The standard InChI is InChI=1S/C14H16O3S/c1-14(15,13-5-4-6-18-13)10-7-11(16-2)9-12(8-10)17-3/h4-9,15H,1-3H3. The summed E-state index contributed by atoms with van der Waals surface area (Å²) in [5.74, 6) is 1.34. The molecule has 1 aromatic heterocycles. The molecule has 0 saturated carbocycles. The molecule has 0 amide bonds. The van der Waals surface area contributed by atoms with E-state index in [1.165, 1.54) is 11.3 Å². The molecule has 0 aliphatic rings. The average molecular weight is 264 g/mol. The van der Waals surface area contributed by atoms with E-state index in [1.807, 2.05) is 29.6 Å². The largest absolute Gasteiger partial charge is 0.497 e. The Morgan fingerprint density at radius 2 is 1.72 bits per heavy atom. The van der Waals surface area contributed by atoms with Gasteiger partial charge in [-0.3, -0.25) is 0 Å². The van der Waals surface area contributed by atoms with Gasteiger partial charge in [0.2, 0.25) is 0 Å². The van der Waals surface area contributed by atoms with Gasteiger partial charge in [-0.05, 0) is 36.1 Å². The van der Waals surface area contributed by atoms with Gasteiger partial charge in [0.25, 0.3) is 0 Å². The Morgan fingerprint density at radius 1 is 1.11 bits per heavy atom. The molecule has 1 atom stereocenters. The van der Waals surface area contributed by atoms with Crippen LogP contribution in [0, 0.1) is 0 Å². The van der Waals surface area contributed by atoms with E-state index in [-0.39, 0.29) is 0 Å². The van der Waals surface area contributed by atoms with Crippen LogP contribution in [0.1, 0.15) is 17.4 Å². The number of aliphatic hydroxyl groups is 1. The molecule has 0 radical (unpaired) electrons. The van der Waals surface area contributed by atoms with Crippen LogP contribution in [0.3, 0.4) is 0 Å². The Balaban J connectivity index is 2.49. The second-order valence-electron chi connectivity index (χ2n) is 4.15. The fourth-order valence-electron chi connectivity index (χ4n) is 1.79. The first-order valence-corrected chi connectivity index (χ1v) is 6.46. The zero-order chi connectivity index (χ0) is 13.2. The van der Waals surface area contributed by atoms with Crippen molar-refractivity contribution in [3.05, 3.63) is 46.2 Å². The van der Waals surface area contributed by atoms with E-state index in [9.17, 15) is 5.11 Å². The van der Waals surface area contributed by atoms with E-state index < -0.39 is 5.60 Å². The summed E-state index contributed by atoms with van der Waals surface area (Å²) >= 11 is 1.52. The molecular weight excluding hydrogens is 248 g/mol. The molecule has 1 unspecified atom stereocenters. The lowest BCUT2D eigenvalue weighted by atomic mass is 9.94. The van der Waals surface area contributed by atoms with Crippen molar-refractivity contribution in [1.82, 2.24) is 0 Å². The topological polar surface area (TPSA) is 38.7 Å². The highest BCUT2D eigenvalue weighted by Crippen LogP contribution is 2.36. The van der Waals surface area contributed by atoms with E-state index >= 15 is 0 Å². The predicted molar refractivity (Wildman–Crippen MR) is 72.5 cm³/mol. The second-order valence-corrected chi connectivity index (χ2v) is 5.10. The minimum atomic E-state index is -1.05. The third-order valence-corrected chi connectivity index (χ3v) is 4.00. The molecule has 0 saturated heterocycles. The van der Waals surface area contributed by atoms with Gasteiger partial charge in [0, 0.05) is 10.9 Å². The molecular formula is C14H16O3S. The third-order valence-electron chi connectivity index (χ3n) is 2.91. The molecule has 96 valence electrons. The van der Waals surface area contributed by atoms with Crippen molar-refractivity contribution in [3.8, 4) is 11.5 Å². The molecule has 0 aliphatic heterocycles. The van der Waals surface area contributed by atoms with Crippen LogP contribution in [-0.2, 0) is 5.60 Å². The van der Waals surface area contributed by atoms with Gasteiger partial charge >= 0.3 is 0 Å². The van der Waals surface area contributed by atoms with Gasteiger partial charge in [-0.15, -0.1) is 11.3 Å². The van der Waals surface area contributed by atoms with Crippen LogP contribution >= 0.6 is 11.3 Å². The zero-order valence-electron chi connectivity index (χ0n) is 10.6. The summed E-state index contributed by atoms with van der Waals surface area (Å²) in [4.78, 5) is 0.887. The quantitative estimate of drug-likeness (QED) is 0.922. The second kappa shape index (κ2) is 5.00. The van der Waals surface area contributed by atoms with Gasteiger partial charge < -0.3 is 14.6 Å². The summed E-state index contributed by atoms with van der Waals surface area (Å²) in [5.41, 5.74) is -0.295. The van der Waals surface area contributed by atoms with Crippen molar-refractivity contribution in [2.45, 2.75) is 12.5 Å². The first-order valence-electron chi connectivity index (χ1n) is 5.58. The minimum absolute atomic E-state index is 0.668. The molecule has 3 nitrogen and oxygen atoms in total. The smallest absolute Gasteiger partial charge is 0.122 e. The predicted octanol–water partition coefficient (Wildman–Crippen LogP) is 3.02. The van der Waals surface area contributed by atoms with E-state index in [1.54, 1.807) is 27.2 Å². The van der Waals surface area contributed by atoms with Gasteiger partial charge in [-0.25, -0.2) is 0 Å². The fourth-order valence-corrected chi connectivity index (χ4v) is 2.59. The summed E-state index contributed by atoms with van der Waals surface area (Å²) < 4.78 is 10.4. The molecule has 1 aromatic carbocycles. The van der Waals surface area contributed by atoms with Gasteiger partial charge in [-0.1, -0.05) is 6.07 Å². The Kier molecular flexibility index (Phi) is 3.59. The molecule has 0 aliphatic carbocycles. The maximum absolute atomic E-state index is 10.7. The summed E-state index contributed by atoms with van der Waals surface area (Å²) in [6.07, 6.45) is 0.